The highest BCUT2D eigenvalue weighted by atomic mass is 32.2. The Bertz CT molecular complexity index is 1570. The number of carbonyl (C=O) groups is 1. The summed E-state index contributed by atoms with van der Waals surface area (Å²) in [6.45, 7) is 5.53. The zero-order chi connectivity index (χ0) is 26.1. The Balaban J connectivity index is 1.22. The van der Waals surface area contributed by atoms with Gasteiger partial charge < -0.3 is 9.47 Å². The van der Waals surface area contributed by atoms with Crippen LogP contribution in [0.5, 0.6) is 5.75 Å². The van der Waals surface area contributed by atoms with E-state index in [1.54, 1.807) is 18.2 Å². The van der Waals surface area contributed by atoms with Crippen LogP contribution < -0.4 is 10.1 Å². The number of nitrogens with one attached hydrogen (secondary N) is 1. The molecule has 0 saturated carbocycles. The smallest absolute Gasteiger partial charge is 0.271 e. The zero-order valence-electron chi connectivity index (χ0n) is 20.7. The number of sulfonamides is 1. The Morgan fingerprint density at radius 3 is 2.63 bits per heavy atom. The Kier molecular flexibility index (Phi) is 7.34. The first-order chi connectivity index (χ1) is 18.5. The number of rotatable bonds is 8. The van der Waals surface area contributed by atoms with Gasteiger partial charge >= 0.3 is 0 Å². The monoisotopic (exact) mass is 572 g/mol. The Morgan fingerprint density at radius 2 is 1.82 bits per heavy atom. The topological polar surface area (TPSA) is 101 Å². The van der Waals surface area contributed by atoms with Crippen molar-refractivity contribution < 1.29 is 22.7 Å². The molecule has 4 aromatic rings. The number of hydrogen-bond donors (Lipinski definition) is 1. The van der Waals surface area contributed by atoms with Crippen LogP contribution >= 0.6 is 22.7 Å². The highest BCUT2D eigenvalue weighted by Gasteiger charge is 2.28. The molecule has 2 aliphatic heterocycles. The third-order valence-electron chi connectivity index (χ3n) is 6.80. The Labute approximate surface area is 229 Å². The van der Waals surface area contributed by atoms with Crippen LogP contribution in [-0.2, 0) is 14.8 Å². The summed E-state index contributed by atoms with van der Waals surface area (Å²) in [5.41, 5.74) is 0.643. The first-order valence-corrected chi connectivity index (χ1v) is 15.7. The number of morpholine rings is 1. The molecule has 38 heavy (non-hydrogen) atoms. The van der Waals surface area contributed by atoms with E-state index in [1.165, 1.54) is 27.0 Å². The number of thiazole rings is 1. The van der Waals surface area contributed by atoms with E-state index >= 15 is 0 Å². The van der Waals surface area contributed by atoms with Crippen molar-refractivity contribution in [3.05, 3.63) is 47.3 Å². The molecule has 2 saturated heterocycles. The fourth-order valence-electron chi connectivity index (χ4n) is 4.77. The number of amides is 1. The maximum Gasteiger partial charge on any atom is 0.271 e. The summed E-state index contributed by atoms with van der Waals surface area (Å²) in [5.74, 6) is 0.285. The second-order valence-electron chi connectivity index (χ2n) is 9.27. The minimum absolute atomic E-state index is 0.258. The molecule has 0 unspecified atom stereocenters. The molecular formula is C26H28N4O5S3. The summed E-state index contributed by atoms with van der Waals surface area (Å²) in [4.78, 5) is 21.0. The van der Waals surface area contributed by atoms with Gasteiger partial charge in [-0.3, -0.25) is 15.0 Å². The molecular weight excluding hydrogens is 545 g/mol. The maximum absolute atomic E-state index is 13.4. The van der Waals surface area contributed by atoms with Crippen molar-refractivity contribution in [2.75, 3.05) is 57.9 Å². The summed E-state index contributed by atoms with van der Waals surface area (Å²) in [6.07, 6.45) is 1.77. The molecule has 4 heterocycles. The van der Waals surface area contributed by atoms with Gasteiger partial charge in [0.15, 0.2) is 10.9 Å². The number of benzene rings is 2. The third-order valence-corrected chi connectivity index (χ3v) is 10.8. The van der Waals surface area contributed by atoms with E-state index < -0.39 is 10.0 Å². The van der Waals surface area contributed by atoms with Crippen LogP contribution in [-0.4, -0.2) is 81.1 Å². The molecule has 0 aliphatic carbocycles. The molecule has 1 amide bonds. The van der Waals surface area contributed by atoms with Crippen LogP contribution in [0.25, 0.3) is 20.3 Å². The lowest BCUT2D eigenvalue weighted by molar-refractivity contribution is 0.0323. The lowest BCUT2D eigenvalue weighted by Crippen LogP contribution is -2.38. The average Bonchev–Trinajstić information content (AvgIpc) is 3.68. The van der Waals surface area contributed by atoms with Gasteiger partial charge in [-0.2, -0.15) is 4.31 Å². The number of thiophene rings is 1. The van der Waals surface area contributed by atoms with Crippen LogP contribution in [0.2, 0.25) is 0 Å². The predicted octanol–water partition coefficient (Wildman–Crippen LogP) is 4.26. The van der Waals surface area contributed by atoms with E-state index in [1.807, 2.05) is 24.3 Å². The summed E-state index contributed by atoms with van der Waals surface area (Å²) in [7, 11) is -3.52. The van der Waals surface area contributed by atoms with E-state index in [-0.39, 0.29) is 10.8 Å². The second-order valence-corrected chi connectivity index (χ2v) is 13.3. The van der Waals surface area contributed by atoms with E-state index in [4.69, 9.17) is 9.47 Å². The van der Waals surface area contributed by atoms with Crippen molar-refractivity contribution in [3.63, 3.8) is 0 Å². The Morgan fingerprint density at radius 1 is 1.03 bits per heavy atom. The van der Waals surface area contributed by atoms with E-state index in [0.717, 1.165) is 55.8 Å². The Hall–Kier alpha value is -2.61. The molecule has 12 heteroatoms. The molecule has 0 radical (unpaired) electrons. The molecule has 6 rings (SSSR count). The van der Waals surface area contributed by atoms with Gasteiger partial charge in [0, 0.05) is 42.8 Å². The number of carbonyl (C=O) groups excluding carboxylic acids is 1. The van der Waals surface area contributed by atoms with Crippen molar-refractivity contribution in [1.29, 1.82) is 0 Å². The zero-order valence-corrected chi connectivity index (χ0v) is 23.2. The van der Waals surface area contributed by atoms with E-state index in [0.29, 0.717) is 45.7 Å². The van der Waals surface area contributed by atoms with Crippen LogP contribution in [0.4, 0.5) is 5.13 Å². The number of aromatic nitrogens is 1. The van der Waals surface area contributed by atoms with E-state index in [9.17, 15) is 13.2 Å². The molecule has 2 aromatic heterocycles. The SMILES string of the molecule is O=C(Nc1nc2ccc(S(=O)(=O)N3CCCC3)cc2s1)c1sc2ccccc2c1OCCN1CCOCC1. The minimum Gasteiger partial charge on any atom is -0.490 e. The number of nitrogens with zero attached hydrogens (tertiary/aromatic N) is 3. The van der Waals surface area contributed by atoms with Crippen LogP contribution in [0, 0.1) is 0 Å². The maximum atomic E-state index is 13.4. The van der Waals surface area contributed by atoms with Gasteiger partial charge in [-0.25, -0.2) is 13.4 Å². The summed E-state index contributed by atoms with van der Waals surface area (Å²) < 4.78 is 40.8. The molecule has 9 nitrogen and oxygen atoms in total. The van der Waals surface area contributed by atoms with Crippen molar-refractivity contribution in [2.24, 2.45) is 0 Å². The fourth-order valence-corrected chi connectivity index (χ4v) is 8.33. The summed E-state index contributed by atoms with van der Waals surface area (Å²) >= 11 is 2.65. The number of hydrogen-bond acceptors (Lipinski definition) is 9. The van der Waals surface area contributed by atoms with Gasteiger partial charge in [0.25, 0.3) is 5.91 Å². The molecule has 0 bridgehead atoms. The van der Waals surface area contributed by atoms with Crippen molar-refractivity contribution >= 4 is 64.0 Å². The van der Waals surface area contributed by atoms with Crippen molar-refractivity contribution in [1.82, 2.24) is 14.2 Å². The van der Waals surface area contributed by atoms with Crippen molar-refractivity contribution in [3.8, 4) is 5.75 Å². The van der Waals surface area contributed by atoms with Crippen LogP contribution in [0.15, 0.2) is 47.4 Å². The molecule has 1 N–H and O–H groups in total. The van der Waals surface area contributed by atoms with Crippen molar-refractivity contribution in [2.45, 2.75) is 17.7 Å². The lowest BCUT2D eigenvalue weighted by Gasteiger charge is -2.26. The highest BCUT2D eigenvalue weighted by Crippen LogP contribution is 2.39. The van der Waals surface area contributed by atoms with Gasteiger partial charge in [-0.1, -0.05) is 23.5 Å². The second kappa shape index (κ2) is 10.9. The van der Waals surface area contributed by atoms with Gasteiger partial charge in [0.2, 0.25) is 10.0 Å². The molecule has 2 fully saturated rings. The quantitative estimate of drug-likeness (QED) is 0.337. The first-order valence-electron chi connectivity index (χ1n) is 12.7. The summed E-state index contributed by atoms with van der Waals surface area (Å²) in [6, 6.07) is 12.8. The standard InChI is InChI=1S/C26H28N4O5S3/c31-25(24-23(19-5-1-2-6-21(19)36-24)35-16-13-29-11-14-34-15-12-29)28-26-27-20-8-7-18(17-22(20)37-26)38(32,33)30-9-3-4-10-30/h1-2,5-8,17H,3-4,9-16H2,(H,27,28,31). The molecule has 0 atom stereocenters. The molecule has 2 aliphatic rings. The van der Waals surface area contributed by atoms with Gasteiger partial charge in [-0.15, -0.1) is 11.3 Å². The number of anilines is 1. The van der Waals surface area contributed by atoms with Gasteiger partial charge in [0.05, 0.1) is 28.3 Å². The fraction of sp³-hybridized carbons (Fsp3) is 0.385. The van der Waals surface area contributed by atoms with E-state index in [2.05, 4.69) is 15.2 Å². The minimum atomic E-state index is -3.52. The van der Waals surface area contributed by atoms with Crippen LogP contribution in [0.1, 0.15) is 22.5 Å². The summed E-state index contributed by atoms with van der Waals surface area (Å²) in [5, 5.41) is 4.24. The normalized spacial score (nSPS) is 17.4. The van der Waals surface area contributed by atoms with Gasteiger partial charge in [-0.05, 0) is 43.2 Å². The largest absolute Gasteiger partial charge is 0.490 e. The average molecular weight is 573 g/mol. The molecule has 2 aromatic carbocycles. The number of ether oxygens (including phenoxy) is 2. The number of fused-ring (bicyclic) bond motifs is 2. The third kappa shape index (κ3) is 5.16. The lowest BCUT2D eigenvalue weighted by atomic mass is 10.2. The van der Waals surface area contributed by atoms with Gasteiger partial charge in [0.1, 0.15) is 11.5 Å². The molecule has 0 spiro atoms. The van der Waals surface area contributed by atoms with Crippen LogP contribution in [0.3, 0.4) is 0 Å². The predicted molar refractivity (Wildman–Crippen MR) is 150 cm³/mol. The highest BCUT2D eigenvalue weighted by molar-refractivity contribution is 7.89. The first kappa shape index (κ1) is 25.7. The molecule has 200 valence electrons.